The minimum absolute atomic E-state index is 0.302. The van der Waals surface area contributed by atoms with Crippen LogP contribution in [0.1, 0.15) is 67.2 Å². The van der Waals surface area contributed by atoms with Crippen LogP contribution in [0.3, 0.4) is 0 Å². The summed E-state index contributed by atoms with van der Waals surface area (Å²) in [6.45, 7) is 16.6. The molecule has 0 bridgehead atoms. The van der Waals surface area contributed by atoms with Crippen molar-refractivity contribution in [1.82, 2.24) is 5.32 Å². The van der Waals surface area contributed by atoms with Gasteiger partial charge in [0.2, 0.25) is 0 Å². The summed E-state index contributed by atoms with van der Waals surface area (Å²) in [7, 11) is 5.37. The summed E-state index contributed by atoms with van der Waals surface area (Å²) >= 11 is 0. The van der Waals surface area contributed by atoms with Gasteiger partial charge in [0.15, 0.2) is 0 Å². The zero-order valence-electron chi connectivity index (χ0n) is 19.6. The Morgan fingerprint density at radius 2 is 1.82 bits per heavy atom. The Balaban J connectivity index is 6.14. The van der Waals surface area contributed by atoms with Gasteiger partial charge in [0.25, 0.3) is 0 Å². The molecular formula is C24H42N2O2. The van der Waals surface area contributed by atoms with Crippen molar-refractivity contribution in [2.45, 2.75) is 78.9 Å². The van der Waals surface area contributed by atoms with Crippen molar-refractivity contribution in [3.05, 3.63) is 47.4 Å². The van der Waals surface area contributed by atoms with Gasteiger partial charge in [-0.25, -0.2) is 0 Å². The van der Waals surface area contributed by atoms with Gasteiger partial charge in [-0.15, -0.1) is 0 Å². The Morgan fingerprint density at radius 1 is 1.18 bits per heavy atom. The van der Waals surface area contributed by atoms with Crippen LogP contribution >= 0.6 is 0 Å². The quantitative estimate of drug-likeness (QED) is 0.182. The largest absolute Gasteiger partial charge is 0.497 e. The van der Waals surface area contributed by atoms with Crippen molar-refractivity contribution in [2.75, 3.05) is 21.3 Å². The zero-order valence-corrected chi connectivity index (χ0v) is 19.6. The molecule has 0 saturated carbocycles. The molecule has 28 heavy (non-hydrogen) atoms. The van der Waals surface area contributed by atoms with Gasteiger partial charge < -0.3 is 14.8 Å². The van der Waals surface area contributed by atoms with Crippen LogP contribution in [0.4, 0.5) is 0 Å². The summed E-state index contributed by atoms with van der Waals surface area (Å²) in [6.07, 6.45) is 9.72. The molecule has 2 unspecified atom stereocenters. The molecule has 0 heterocycles. The highest BCUT2D eigenvalue weighted by Gasteiger charge is 2.22. The zero-order chi connectivity index (χ0) is 21.7. The van der Waals surface area contributed by atoms with Crippen LogP contribution in [0.15, 0.2) is 52.4 Å². The predicted octanol–water partition coefficient (Wildman–Crippen LogP) is 5.98. The molecule has 0 saturated heterocycles. The molecule has 0 aromatic rings. The molecule has 1 N–H and O–H groups in total. The number of nitrogens with zero attached hydrogens (tertiary/aromatic N) is 1. The lowest BCUT2D eigenvalue weighted by Crippen LogP contribution is -2.33. The van der Waals surface area contributed by atoms with Gasteiger partial charge in [-0.3, -0.25) is 4.99 Å². The van der Waals surface area contributed by atoms with Crippen molar-refractivity contribution in [3.8, 4) is 0 Å². The van der Waals surface area contributed by atoms with E-state index in [2.05, 4.69) is 53.4 Å². The highest BCUT2D eigenvalue weighted by Crippen LogP contribution is 2.24. The Labute approximate surface area is 173 Å². The average Bonchev–Trinajstić information content (AvgIpc) is 2.70. The molecule has 0 aliphatic carbocycles. The third kappa shape index (κ3) is 7.76. The average molecular weight is 391 g/mol. The SMILES string of the molecule is C=CC(/C=C(\C=C(/C)C(N=C(CC)C(CCC)NC)=C(C)C)OC)(CC)OC. The van der Waals surface area contributed by atoms with Crippen LogP contribution in [0.5, 0.6) is 0 Å². The van der Waals surface area contributed by atoms with Gasteiger partial charge in [0.1, 0.15) is 11.4 Å². The molecule has 160 valence electrons. The van der Waals surface area contributed by atoms with E-state index in [0.29, 0.717) is 6.04 Å². The van der Waals surface area contributed by atoms with Crippen molar-refractivity contribution in [2.24, 2.45) is 4.99 Å². The lowest BCUT2D eigenvalue weighted by Gasteiger charge is -2.24. The van der Waals surface area contributed by atoms with Crippen LogP contribution in [-0.4, -0.2) is 38.6 Å². The molecule has 0 fully saturated rings. The predicted molar refractivity (Wildman–Crippen MR) is 123 cm³/mol. The summed E-state index contributed by atoms with van der Waals surface area (Å²) < 4.78 is 11.3. The van der Waals surface area contributed by atoms with Crippen LogP contribution < -0.4 is 5.32 Å². The van der Waals surface area contributed by atoms with E-state index in [1.54, 1.807) is 14.2 Å². The van der Waals surface area contributed by atoms with Crippen molar-refractivity contribution in [3.63, 3.8) is 0 Å². The maximum Gasteiger partial charge on any atom is 0.118 e. The van der Waals surface area contributed by atoms with Gasteiger partial charge in [-0.05, 0) is 64.8 Å². The highest BCUT2D eigenvalue weighted by atomic mass is 16.5. The standard InChI is InChI=1S/C24H42N2O2/c1-11-15-22(25-8)21(12-2)26-23(18(5)6)19(7)16-20(27-9)17-24(13-3,14-4)28-10/h13,16-17,22,25H,3,11-12,14-15H2,1-2,4-10H3/b19-16+,20-17+,26-21?. The van der Waals surface area contributed by atoms with Gasteiger partial charge in [-0.2, -0.15) is 0 Å². The van der Waals surface area contributed by atoms with Crippen LogP contribution in [0.2, 0.25) is 0 Å². The molecule has 0 aromatic carbocycles. The number of nitrogens with one attached hydrogen (secondary N) is 1. The van der Waals surface area contributed by atoms with E-state index < -0.39 is 5.60 Å². The van der Waals surface area contributed by atoms with E-state index in [1.807, 2.05) is 25.3 Å². The van der Waals surface area contributed by atoms with Gasteiger partial charge in [0.05, 0.1) is 12.8 Å². The minimum Gasteiger partial charge on any atom is -0.497 e. The molecule has 4 heteroatoms. The number of aliphatic imine (C=N–C) groups is 1. The fraction of sp³-hybridized carbons (Fsp3) is 0.625. The molecule has 0 amide bonds. The summed E-state index contributed by atoms with van der Waals surface area (Å²) in [4.78, 5) is 5.06. The molecule has 0 aliphatic heterocycles. The number of rotatable bonds is 13. The lowest BCUT2D eigenvalue weighted by atomic mass is 9.98. The third-order valence-electron chi connectivity index (χ3n) is 5.05. The molecule has 2 atom stereocenters. The summed E-state index contributed by atoms with van der Waals surface area (Å²) in [5.74, 6) is 0.742. The fourth-order valence-electron chi connectivity index (χ4n) is 3.18. The van der Waals surface area contributed by atoms with E-state index in [-0.39, 0.29) is 0 Å². The Kier molecular flexibility index (Phi) is 12.7. The minimum atomic E-state index is -0.538. The highest BCUT2D eigenvalue weighted by molar-refractivity contribution is 5.90. The van der Waals surface area contributed by atoms with Crippen molar-refractivity contribution < 1.29 is 9.47 Å². The maximum atomic E-state index is 5.66. The number of ether oxygens (including phenoxy) is 2. The van der Waals surface area contributed by atoms with Crippen LogP contribution in [-0.2, 0) is 9.47 Å². The molecule has 0 aliphatic rings. The monoisotopic (exact) mass is 390 g/mol. The van der Waals surface area contributed by atoms with E-state index in [0.717, 1.165) is 42.7 Å². The van der Waals surface area contributed by atoms with Gasteiger partial charge in [-0.1, -0.05) is 45.4 Å². The van der Waals surface area contributed by atoms with E-state index in [1.165, 1.54) is 11.3 Å². The second-order valence-electron chi connectivity index (χ2n) is 7.23. The fourth-order valence-corrected chi connectivity index (χ4v) is 3.18. The second-order valence-corrected chi connectivity index (χ2v) is 7.23. The van der Waals surface area contributed by atoms with E-state index in [4.69, 9.17) is 14.5 Å². The Morgan fingerprint density at radius 3 is 2.18 bits per heavy atom. The summed E-state index contributed by atoms with van der Waals surface area (Å²) in [6, 6.07) is 0.302. The normalized spacial score (nSPS) is 16.4. The number of allylic oxidation sites excluding steroid dienone is 3. The van der Waals surface area contributed by atoms with Crippen molar-refractivity contribution in [1.29, 1.82) is 0 Å². The second kappa shape index (κ2) is 13.5. The molecule has 4 nitrogen and oxygen atoms in total. The molecule has 0 radical (unpaired) electrons. The Bertz CT molecular complexity index is 604. The maximum absolute atomic E-state index is 5.66. The van der Waals surface area contributed by atoms with Crippen molar-refractivity contribution >= 4 is 5.71 Å². The lowest BCUT2D eigenvalue weighted by molar-refractivity contribution is 0.0678. The first kappa shape index (κ1) is 26.4. The van der Waals surface area contributed by atoms with Crippen LogP contribution in [0.25, 0.3) is 0 Å². The van der Waals surface area contributed by atoms with E-state index in [9.17, 15) is 0 Å². The molecular weight excluding hydrogens is 348 g/mol. The molecule has 0 aromatic heterocycles. The third-order valence-corrected chi connectivity index (χ3v) is 5.05. The van der Waals surface area contributed by atoms with Gasteiger partial charge >= 0.3 is 0 Å². The van der Waals surface area contributed by atoms with E-state index >= 15 is 0 Å². The van der Waals surface area contributed by atoms with Gasteiger partial charge in [0, 0.05) is 18.9 Å². The number of methoxy groups -OCH3 is 2. The Hall–Kier alpha value is -1.65. The topological polar surface area (TPSA) is 42.9 Å². The number of hydrogen-bond acceptors (Lipinski definition) is 4. The first-order valence-corrected chi connectivity index (χ1v) is 10.3. The number of hydrogen-bond donors (Lipinski definition) is 1. The molecule has 0 spiro atoms. The smallest absolute Gasteiger partial charge is 0.118 e. The summed E-state index contributed by atoms with van der Waals surface area (Å²) in [5.41, 5.74) is 3.90. The summed E-state index contributed by atoms with van der Waals surface area (Å²) in [5, 5.41) is 3.41. The first-order chi connectivity index (χ1) is 13.3. The molecule has 0 rings (SSSR count). The first-order valence-electron chi connectivity index (χ1n) is 10.3. The van der Waals surface area contributed by atoms with Crippen LogP contribution in [0, 0.1) is 0 Å².